The van der Waals surface area contributed by atoms with Crippen molar-refractivity contribution in [1.29, 1.82) is 0 Å². The summed E-state index contributed by atoms with van der Waals surface area (Å²) in [5.41, 5.74) is 0.724. The second kappa shape index (κ2) is 6.52. The van der Waals surface area contributed by atoms with Gasteiger partial charge >= 0.3 is 5.97 Å². The van der Waals surface area contributed by atoms with Crippen LogP contribution in [0.15, 0.2) is 35.1 Å². The molecular formula is C15H14N2O6S. The van der Waals surface area contributed by atoms with E-state index < -0.39 is 10.9 Å². The molecule has 0 saturated carbocycles. The number of thioether (sulfide) groups is 1. The summed E-state index contributed by atoms with van der Waals surface area (Å²) in [5, 5.41) is 10.9. The molecule has 9 heteroatoms. The summed E-state index contributed by atoms with van der Waals surface area (Å²) < 4.78 is 10.7. The molecule has 2 aliphatic rings. The Morgan fingerprint density at radius 3 is 2.71 bits per heavy atom. The molecule has 1 aromatic rings. The van der Waals surface area contributed by atoms with Crippen molar-refractivity contribution in [1.82, 2.24) is 4.90 Å². The number of nitrogens with zero attached hydrogens (tertiary/aromatic N) is 2. The van der Waals surface area contributed by atoms with Crippen LogP contribution in [-0.4, -0.2) is 33.7 Å². The first-order valence-corrected chi connectivity index (χ1v) is 8.15. The maximum absolute atomic E-state index is 12.3. The van der Waals surface area contributed by atoms with Gasteiger partial charge in [0.05, 0.1) is 23.3 Å². The lowest BCUT2D eigenvalue weighted by atomic mass is 10.2. The minimum Gasteiger partial charge on any atom is -0.485 e. The highest BCUT2D eigenvalue weighted by Gasteiger charge is 2.50. The van der Waals surface area contributed by atoms with Gasteiger partial charge in [-0.3, -0.25) is 19.8 Å². The van der Waals surface area contributed by atoms with Crippen molar-refractivity contribution >= 4 is 29.3 Å². The van der Waals surface area contributed by atoms with Crippen LogP contribution < -0.4 is 0 Å². The smallest absolute Gasteiger partial charge is 0.359 e. The molecular weight excluding hydrogens is 336 g/mol. The lowest BCUT2D eigenvalue weighted by molar-refractivity contribution is -0.384. The van der Waals surface area contributed by atoms with Gasteiger partial charge in [-0.2, -0.15) is 0 Å². The molecule has 2 aliphatic heterocycles. The third kappa shape index (κ3) is 2.94. The zero-order valence-corrected chi connectivity index (χ0v) is 13.6. The number of benzene rings is 1. The van der Waals surface area contributed by atoms with Gasteiger partial charge in [-0.05, 0) is 24.6 Å². The summed E-state index contributed by atoms with van der Waals surface area (Å²) in [6.07, 6.45) is 0.375. The van der Waals surface area contributed by atoms with Gasteiger partial charge in [0.25, 0.3) is 5.69 Å². The first kappa shape index (κ1) is 16.3. The Kier molecular flexibility index (Phi) is 4.43. The van der Waals surface area contributed by atoms with E-state index in [1.807, 2.05) is 0 Å². The zero-order valence-electron chi connectivity index (χ0n) is 12.8. The molecule has 1 aromatic carbocycles. The van der Waals surface area contributed by atoms with Gasteiger partial charge in [-0.1, -0.05) is 11.8 Å². The van der Waals surface area contributed by atoms with Crippen LogP contribution in [0.4, 0.5) is 5.69 Å². The molecule has 1 fully saturated rings. The number of amides is 1. The van der Waals surface area contributed by atoms with E-state index in [1.54, 1.807) is 6.92 Å². The summed E-state index contributed by atoms with van der Waals surface area (Å²) in [5.74, 6) is -0.774. The molecule has 3 rings (SSSR count). The second-order valence-corrected chi connectivity index (χ2v) is 6.26. The maximum Gasteiger partial charge on any atom is 0.359 e. The van der Waals surface area contributed by atoms with Gasteiger partial charge < -0.3 is 9.47 Å². The van der Waals surface area contributed by atoms with Gasteiger partial charge in [0.15, 0.2) is 10.8 Å². The van der Waals surface area contributed by atoms with Crippen LogP contribution >= 0.6 is 11.8 Å². The summed E-state index contributed by atoms with van der Waals surface area (Å²) in [4.78, 5) is 35.6. The molecule has 126 valence electrons. The number of β-lactam (4-membered cyclic amide) rings is 1. The number of carbonyl (C=O) groups excluding carboxylic acids is 2. The molecule has 0 unspecified atom stereocenters. The molecule has 0 spiro atoms. The highest BCUT2D eigenvalue weighted by molar-refractivity contribution is 8.03. The monoisotopic (exact) mass is 350 g/mol. The Morgan fingerprint density at radius 1 is 1.42 bits per heavy atom. The predicted octanol–water partition coefficient (Wildman–Crippen LogP) is 2.15. The summed E-state index contributed by atoms with van der Waals surface area (Å²) in [6.45, 7) is 2.14. The highest BCUT2D eigenvalue weighted by Crippen LogP contribution is 2.46. The fourth-order valence-corrected chi connectivity index (χ4v) is 3.65. The topological polar surface area (TPSA) is 99.0 Å². The summed E-state index contributed by atoms with van der Waals surface area (Å²) >= 11 is 1.34. The van der Waals surface area contributed by atoms with E-state index in [0.29, 0.717) is 23.7 Å². The molecule has 1 amide bonds. The van der Waals surface area contributed by atoms with Crippen molar-refractivity contribution in [3.63, 3.8) is 0 Å². The number of fused-ring (bicyclic) bond motifs is 1. The summed E-state index contributed by atoms with van der Waals surface area (Å²) in [6, 6.07) is 5.72. The lowest BCUT2D eigenvalue weighted by Gasteiger charge is -2.33. The highest BCUT2D eigenvalue weighted by atomic mass is 32.2. The number of hydrogen-bond acceptors (Lipinski definition) is 7. The van der Waals surface area contributed by atoms with Gasteiger partial charge in [0, 0.05) is 12.1 Å². The zero-order chi connectivity index (χ0) is 17.3. The van der Waals surface area contributed by atoms with E-state index in [9.17, 15) is 19.7 Å². The van der Waals surface area contributed by atoms with Gasteiger partial charge in [0.2, 0.25) is 5.91 Å². The standard InChI is InChI=1S/C15H14N2O6S/c1-2-22-15-13(16-11(18)7-12(16)24-15)14(19)23-8-9-3-5-10(6-4-9)17(20)21/h3-6,12H,2,7-8H2,1H3/t12-/m1/s1. The number of esters is 1. The SMILES string of the molecule is CCOC1=C(C(=O)OCc2ccc([N+](=O)[O-])cc2)N2C(=O)C[C@H]2S1. The van der Waals surface area contributed by atoms with Crippen molar-refractivity contribution < 1.29 is 24.0 Å². The van der Waals surface area contributed by atoms with Crippen molar-refractivity contribution in [3.8, 4) is 0 Å². The average Bonchev–Trinajstić information content (AvgIpc) is 2.85. The Labute approximate surface area is 141 Å². The largest absolute Gasteiger partial charge is 0.485 e. The first-order valence-electron chi connectivity index (χ1n) is 7.27. The van der Waals surface area contributed by atoms with Crippen molar-refractivity contribution in [3.05, 3.63) is 50.7 Å². The van der Waals surface area contributed by atoms with E-state index in [0.717, 1.165) is 0 Å². The van der Waals surface area contributed by atoms with Crippen LogP contribution in [0, 0.1) is 10.1 Å². The predicted molar refractivity (Wildman–Crippen MR) is 84.4 cm³/mol. The normalized spacial score (nSPS) is 19.0. The average molecular weight is 350 g/mol. The molecule has 0 aromatic heterocycles. The van der Waals surface area contributed by atoms with E-state index in [-0.39, 0.29) is 29.3 Å². The molecule has 24 heavy (non-hydrogen) atoms. The maximum atomic E-state index is 12.3. The van der Waals surface area contributed by atoms with E-state index in [1.165, 1.54) is 40.9 Å². The van der Waals surface area contributed by atoms with Crippen LogP contribution in [0.2, 0.25) is 0 Å². The van der Waals surface area contributed by atoms with Gasteiger partial charge in [-0.15, -0.1) is 0 Å². The number of nitro groups is 1. The number of nitro benzene ring substituents is 1. The molecule has 8 nitrogen and oxygen atoms in total. The second-order valence-electron chi connectivity index (χ2n) is 5.11. The Bertz CT molecular complexity index is 730. The fraction of sp³-hybridized carbons (Fsp3) is 0.333. The number of non-ortho nitro benzene ring substituents is 1. The van der Waals surface area contributed by atoms with Crippen LogP contribution in [0.3, 0.4) is 0 Å². The van der Waals surface area contributed by atoms with E-state index in [2.05, 4.69) is 0 Å². The number of rotatable bonds is 6. The molecule has 2 heterocycles. The third-order valence-electron chi connectivity index (χ3n) is 3.57. The molecule has 0 aliphatic carbocycles. The number of carbonyl (C=O) groups is 2. The van der Waals surface area contributed by atoms with Crippen molar-refractivity contribution in [2.75, 3.05) is 6.61 Å². The van der Waals surface area contributed by atoms with Crippen molar-refractivity contribution in [2.24, 2.45) is 0 Å². The van der Waals surface area contributed by atoms with Gasteiger partial charge in [-0.25, -0.2) is 4.79 Å². The fourth-order valence-electron chi connectivity index (χ4n) is 2.37. The van der Waals surface area contributed by atoms with Crippen molar-refractivity contribution in [2.45, 2.75) is 25.3 Å². The minimum atomic E-state index is -0.639. The quantitative estimate of drug-likeness (QED) is 0.335. The number of hydrogen-bond donors (Lipinski definition) is 0. The molecule has 1 saturated heterocycles. The van der Waals surface area contributed by atoms with E-state index >= 15 is 0 Å². The van der Waals surface area contributed by atoms with Crippen LogP contribution in [0.25, 0.3) is 0 Å². The Hall–Kier alpha value is -2.55. The number of ether oxygens (including phenoxy) is 2. The Morgan fingerprint density at radius 2 is 2.12 bits per heavy atom. The first-order chi connectivity index (χ1) is 11.5. The third-order valence-corrected chi connectivity index (χ3v) is 4.74. The minimum absolute atomic E-state index is 0.0346. The molecule has 1 atom stereocenters. The molecule has 0 N–H and O–H groups in total. The van der Waals surface area contributed by atoms with Crippen LogP contribution in [0.5, 0.6) is 0 Å². The van der Waals surface area contributed by atoms with Gasteiger partial charge in [0.1, 0.15) is 6.61 Å². The molecule has 0 radical (unpaired) electrons. The lowest BCUT2D eigenvalue weighted by Crippen LogP contribution is -2.48. The van der Waals surface area contributed by atoms with E-state index in [4.69, 9.17) is 9.47 Å². The van der Waals surface area contributed by atoms with Crippen LogP contribution in [-0.2, 0) is 25.7 Å². The summed E-state index contributed by atoms with van der Waals surface area (Å²) in [7, 11) is 0. The molecule has 0 bridgehead atoms. The van der Waals surface area contributed by atoms with Crippen LogP contribution in [0.1, 0.15) is 18.9 Å². The Balaban J connectivity index is 1.68.